The molecule has 0 fully saturated rings. The Balaban J connectivity index is 1.51. The van der Waals surface area contributed by atoms with Crippen molar-refractivity contribution in [2.45, 2.75) is 43.6 Å². The predicted molar refractivity (Wildman–Crippen MR) is 132 cm³/mol. The minimum atomic E-state index is -0.323. The summed E-state index contributed by atoms with van der Waals surface area (Å²) in [5, 5.41) is 9.38. The van der Waals surface area contributed by atoms with Gasteiger partial charge < -0.3 is 4.90 Å². The van der Waals surface area contributed by atoms with Gasteiger partial charge in [0.05, 0.1) is 10.9 Å². The van der Waals surface area contributed by atoms with Crippen molar-refractivity contribution >= 4 is 23.4 Å². The molecule has 0 radical (unpaired) electrons. The Bertz CT molecular complexity index is 1300. The van der Waals surface area contributed by atoms with Crippen LogP contribution in [0.25, 0.3) is 17.1 Å². The van der Waals surface area contributed by atoms with Crippen molar-refractivity contribution in [3.8, 4) is 17.1 Å². The van der Waals surface area contributed by atoms with Gasteiger partial charge in [0.2, 0.25) is 5.91 Å². The lowest BCUT2D eigenvalue weighted by Gasteiger charge is -2.25. The molecule has 166 valence electrons. The molecule has 5 rings (SSSR count). The Morgan fingerprint density at radius 2 is 1.70 bits per heavy atom. The van der Waals surface area contributed by atoms with Gasteiger partial charge in [-0.25, -0.2) is 0 Å². The summed E-state index contributed by atoms with van der Waals surface area (Å²) in [5.41, 5.74) is 5.26. The molecular formula is C26H25N5OS. The first kappa shape index (κ1) is 21.4. The highest BCUT2D eigenvalue weighted by Crippen LogP contribution is 2.36. The number of nitrogens with zero attached hydrogens (tertiary/aromatic N) is 5. The average Bonchev–Trinajstić information content (AvgIpc) is 3.39. The fraction of sp³-hybridized carbons (Fsp3) is 0.231. The lowest BCUT2D eigenvalue weighted by Crippen LogP contribution is -2.40. The van der Waals surface area contributed by atoms with Crippen molar-refractivity contribution in [1.82, 2.24) is 19.7 Å². The third-order valence-electron chi connectivity index (χ3n) is 6.00. The van der Waals surface area contributed by atoms with Crippen molar-refractivity contribution in [2.24, 2.45) is 0 Å². The first-order chi connectivity index (χ1) is 16.0. The van der Waals surface area contributed by atoms with Crippen molar-refractivity contribution in [2.75, 3.05) is 4.90 Å². The Hall–Kier alpha value is -3.45. The molecular weight excluding hydrogens is 430 g/mol. The number of hydrogen-bond donors (Lipinski definition) is 0. The molecule has 0 spiro atoms. The number of rotatable bonds is 5. The lowest BCUT2D eigenvalue weighted by atomic mass is 10.1. The molecule has 6 nitrogen and oxygen atoms in total. The third-order valence-corrected chi connectivity index (χ3v) is 7.03. The van der Waals surface area contributed by atoms with Crippen LogP contribution < -0.4 is 4.90 Å². The number of fused-ring (bicyclic) bond motifs is 1. The van der Waals surface area contributed by atoms with Gasteiger partial charge in [0, 0.05) is 29.7 Å². The minimum Gasteiger partial charge on any atom is -0.308 e. The maximum Gasteiger partial charge on any atom is 0.240 e. The zero-order valence-corrected chi connectivity index (χ0v) is 19.7. The van der Waals surface area contributed by atoms with Crippen molar-refractivity contribution in [1.29, 1.82) is 0 Å². The molecule has 0 saturated carbocycles. The van der Waals surface area contributed by atoms with E-state index in [1.165, 1.54) is 17.3 Å². The summed E-state index contributed by atoms with van der Waals surface area (Å²) in [6.45, 7) is 6.12. The molecule has 0 bridgehead atoms. The van der Waals surface area contributed by atoms with E-state index < -0.39 is 0 Å². The molecule has 2 aromatic carbocycles. The van der Waals surface area contributed by atoms with Crippen LogP contribution >= 0.6 is 11.8 Å². The Kier molecular flexibility index (Phi) is 5.72. The quantitative estimate of drug-likeness (QED) is 0.392. The largest absolute Gasteiger partial charge is 0.308 e. The van der Waals surface area contributed by atoms with E-state index in [0.29, 0.717) is 5.16 Å². The molecule has 1 amide bonds. The smallest absolute Gasteiger partial charge is 0.240 e. The van der Waals surface area contributed by atoms with Crippen LogP contribution in [0.5, 0.6) is 0 Å². The molecule has 1 aliphatic heterocycles. The number of hydrogen-bond acceptors (Lipinski definition) is 5. The molecule has 33 heavy (non-hydrogen) atoms. The highest BCUT2D eigenvalue weighted by molar-refractivity contribution is 8.00. The fourth-order valence-corrected chi connectivity index (χ4v) is 5.28. The van der Waals surface area contributed by atoms with Crippen molar-refractivity contribution in [3.63, 3.8) is 0 Å². The second-order valence-electron chi connectivity index (χ2n) is 8.31. The van der Waals surface area contributed by atoms with Gasteiger partial charge in [0.25, 0.3) is 0 Å². The van der Waals surface area contributed by atoms with E-state index in [0.717, 1.165) is 34.7 Å². The Labute approximate surface area is 197 Å². The standard InChI is InChI=1S/C26H25N5OS/c1-17-8-4-6-10-22(17)31-24(20-12-14-27-15-13-20)28-29-26(31)33-19(3)25(32)30-18(2)16-21-9-5-7-11-23(21)30/h4-15,18-19H,16H2,1-3H3/t18-,19-/m1/s1. The van der Waals surface area contributed by atoms with E-state index in [2.05, 4.69) is 47.2 Å². The third kappa shape index (κ3) is 3.93. The summed E-state index contributed by atoms with van der Waals surface area (Å²) in [7, 11) is 0. The van der Waals surface area contributed by atoms with Gasteiger partial charge in [0.1, 0.15) is 0 Å². The van der Waals surface area contributed by atoms with E-state index in [1.54, 1.807) is 12.4 Å². The minimum absolute atomic E-state index is 0.0854. The van der Waals surface area contributed by atoms with Gasteiger partial charge in [-0.3, -0.25) is 14.3 Å². The van der Waals surface area contributed by atoms with Crippen LogP contribution in [-0.2, 0) is 11.2 Å². The number of anilines is 1. The molecule has 3 heterocycles. The summed E-state index contributed by atoms with van der Waals surface area (Å²) >= 11 is 1.44. The van der Waals surface area contributed by atoms with Crippen LogP contribution in [0.2, 0.25) is 0 Å². The zero-order chi connectivity index (χ0) is 22.9. The molecule has 0 unspecified atom stereocenters. The first-order valence-corrected chi connectivity index (χ1v) is 11.9. The number of benzene rings is 2. The van der Waals surface area contributed by atoms with Crippen LogP contribution in [0.4, 0.5) is 5.69 Å². The summed E-state index contributed by atoms with van der Waals surface area (Å²) < 4.78 is 2.04. The summed E-state index contributed by atoms with van der Waals surface area (Å²) in [6, 6.07) is 20.3. The zero-order valence-electron chi connectivity index (χ0n) is 18.8. The number of aromatic nitrogens is 4. The van der Waals surface area contributed by atoms with Crippen LogP contribution in [0.15, 0.2) is 78.2 Å². The molecule has 7 heteroatoms. The van der Waals surface area contributed by atoms with Gasteiger partial charge in [-0.15, -0.1) is 10.2 Å². The van der Waals surface area contributed by atoms with Crippen LogP contribution in [0.1, 0.15) is 25.0 Å². The maximum atomic E-state index is 13.6. The average molecular weight is 456 g/mol. The van der Waals surface area contributed by atoms with Crippen LogP contribution in [0.3, 0.4) is 0 Å². The topological polar surface area (TPSA) is 63.9 Å². The second-order valence-corrected chi connectivity index (χ2v) is 9.62. The Morgan fingerprint density at radius 3 is 2.45 bits per heavy atom. The molecule has 0 aliphatic carbocycles. The summed E-state index contributed by atoms with van der Waals surface area (Å²) in [4.78, 5) is 19.6. The van der Waals surface area contributed by atoms with Gasteiger partial charge in [0.15, 0.2) is 11.0 Å². The maximum absolute atomic E-state index is 13.6. The van der Waals surface area contributed by atoms with Gasteiger partial charge in [-0.2, -0.15) is 0 Å². The second kappa shape index (κ2) is 8.83. The van der Waals surface area contributed by atoms with E-state index in [1.807, 2.05) is 58.9 Å². The normalized spacial score (nSPS) is 16.0. The number of thioether (sulfide) groups is 1. The van der Waals surface area contributed by atoms with E-state index >= 15 is 0 Å². The molecule has 2 atom stereocenters. The van der Waals surface area contributed by atoms with Crippen LogP contribution in [0, 0.1) is 6.92 Å². The SMILES string of the molecule is Cc1ccccc1-n1c(S[C@H](C)C(=O)N2c3ccccc3C[C@H]2C)nnc1-c1ccncc1. The van der Waals surface area contributed by atoms with E-state index in [9.17, 15) is 4.79 Å². The number of aryl methyl sites for hydroxylation is 1. The molecule has 4 aromatic rings. The summed E-state index contributed by atoms with van der Waals surface area (Å²) in [5.74, 6) is 0.816. The predicted octanol–water partition coefficient (Wildman–Crippen LogP) is 5.10. The molecule has 0 saturated heterocycles. The monoisotopic (exact) mass is 455 g/mol. The lowest BCUT2D eigenvalue weighted by molar-refractivity contribution is -0.118. The number of pyridine rings is 1. The highest BCUT2D eigenvalue weighted by atomic mass is 32.2. The highest BCUT2D eigenvalue weighted by Gasteiger charge is 2.34. The van der Waals surface area contributed by atoms with Crippen molar-refractivity contribution in [3.05, 3.63) is 84.2 Å². The first-order valence-electron chi connectivity index (χ1n) is 11.0. The molecule has 2 aromatic heterocycles. The molecule has 1 aliphatic rings. The van der Waals surface area contributed by atoms with Gasteiger partial charge >= 0.3 is 0 Å². The number of amides is 1. The Morgan fingerprint density at radius 1 is 1.00 bits per heavy atom. The summed E-state index contributed by atoms with van der Waals surface area (Å²) in [6.07, 6.45) is 4.37. The number of para-hydroxylation sites is 2. The van der Waals surface area contributed by atoms with Crippen molar-refractivity contribution < 1.29 is 4.79 Å². The van der Waals surface area contributed by atoms with E-state index in [-0.39, 0.29) is 17.2 Å². The van der Waals surface area contributed by atoms with E-state index in [4.69, 9.17) is 0 Å². The number of carbonyl (C=O) groups excluding carboxylic acids is 1. The number of carbonyl (C=O) groups is 1. The van der Waals surface area contributed by atoms with Crippen LogP contribution in [-0.4, -0.2) is 36.9 Å². The van der Waals surface area contributed by atoms with Gasteiger partial charge in [-0.1, -0.05) is 48.2 Å². The molecule has 0 N–H and O–H groups in total. The fourth-order valence-electron chi connectivity index (χ4n) is 4.37. The van der Waals surface area contributed by atoms with Gasteiger partial charge in [-0.05, 0) is 62.6 Å².